The molecule has 3 aromatic heterocycles. The van der Waals surface area contributed by atoms with Crippen molar-refractivity contribution in [1.29, 1.82) is 0 Å². The summed E-state index contributed by atoms with van der Waals surface area (Å²) in [6.45, 7) is 2.17. The van der Waals surface area contributed by atoms with E-state index in [4.69, 9.17) is 5.73 Å². The third-order valence-electron chi connectivity index (χ3n) is 4.60. The van der Waals surface area contributed by atoms with Crippen LogP contribution < -0.4 is 11.1 Å². The molecule has 10 nitrogen and oxygen atoms in total. The molecule has 0 atom stereocenters. The van der Waals surface area contributed by atoms with Crippen molar-refractivity contribution in [2.24, 2.45) is 5.73 Å². The number of carbonyl (C=O) groups is 2. The molecule has 0 saturated carbocycles. The van der Waals surface area contributed by atoms with Crippen molar-refractivity contribution >= 4 is 28.5 Å². The molecule has 0 fully saturated rings. The molecule has 0 aliphatic carbocycles. The van der Waals surface area contributed by atoms with E-state index in [2.05, 4.69) is 35.5 Å². The number of rotatable bonds is 7. The zero-order valence-electron chi connectivity index (χ0n) is 16.2. The van der Waals surface area contributed by atoms with Crippen molar-refractivity contribution < 1.29 is 18.4 Å². The number of fused-ring (bicyclic) bond motifs is 1. The fraction of sp³-hybridized carbons (Fsp3) is 0.158. The average molecular weight is 426 g/mol. The van der Waals surface area contributed by atoms with E-state index >= 15 is 0 Å². The van der Waals surface area contributed by atoms with E-state index in [1.807, 2.05) is 0 Å². The van der Waals surface area contributed by atoms with Crippen molar-refractivity contribution in [1.82, 2.24) is 30.1 Å². The number of aromatic amines is 2. The number of ketones is 1. The molecule has 0 bridgehead atoms. The summed E-state index contributed by atoms with van der Waals surface area (Å²) in [5, 5.41) is 11.2. The average Bonchev–Trinajstić information content (AvgIpc) is 3.34. The van der Waals surface area contributed by atoms with Gasteiger partial charge in [0.05, 0.1) is 22.1 Å². The van der Waals surface area contributed by atoms with Crippen molar-refractivity contribution in [3.8, 4) is 0 Å². The van der Waals surface area contributed by atoms with E-state index in [-0.39, 0.29) is 16.8 Å². The molecule has 4 rings (SSSR count). The molecule has 0 saturated heterocycles. The highest BCUT2D eigenvalue weighted by atomic mass is 19.1. The third kappa shape index (κ3) is 3.70. The lowest BCUT2D eigenvalue weighted by molar-refractivity contribution is 0.0996. The lowest BCUT2D eigenvalue weighted by Crippen LogP contribution is -2.17. The molecule has 12 heteroatoms. The first-order valence-electron chi connectivity index (χ1n) is 9.13. The highest BCUT2D eigenvalue weighted by Crippen LogP contribution is 2.28. The topological polar surface area (TPSA) is 155 Å². The maximum Gasteiger partial charge on any atom is 0.251 e. The van der Waals surface area contributed by atoms with Crippen LogP contribution in [0.15, 0.2) is 24.7 Å². The highest BCUT2D eigenvalue weighted by molar-refractivity contribution is 6.18. The van der Waals surface area contributed by atoms with Gasteiger partial charge in [0.1, 0.15) is 41.1 Å². The summed E-state index contributed by atoms with van der Waals surface area (Å²) < 4.78 is 29.0. The molecule has 1 aromatic carbocycles. The predicted octanol–water partition coefficient (Wildman–Crippen LogP) is 1.65. The van der Waals surface area contributed by atoms with Gasteiger partial charge in [-0.25, -0.2) is 18.7 Å². The summed E-state index contributed by atoms with van der Waals surface area (Å²) in [6, 6.07) is 1.71. The summed E-state index contributed by atoms with van der Waals surface area (Å²) in [5.74, 6) is -2.90. The van der Waals surface area contributed by atoms with E-state index in [0.29, 0.717) is 30.3 Å². The first-order valence-corrected chi connectivity index (χ1v) is 9.13. The van der Waals surface area contributed by atoms with Gasteiger partial charge in [0.25, 0.3) is 5.91 Å². The molecule has 0 aliphatic heterocycles. The van der Waals surface area contributed by atoms with Gasteiger partial charge in [-0.1, -0.05) is 0 Å². The minimum absolute atomic E-state index is 0.0620. The highest BCUT2D eigenvalue weighted by Gasteiger charge is 2.27. The number of nitrogens with one attached hydrogen (secondary N) is 3. The van der Waals surface area contributed by atoms with Crippen molar-refractivity contribution in [2.75, 3.05) is 11.9 Å². The Morgan fingerprint density at radius 3 is 2.68 bits per heavy atom. The van der Waals surface area contributed by atoms with Crippen LogP contribution in [0.25, 0.3) is 11.0 Å². The maximum atomic E-state index is 14.7. The third-order valence-corrected chi connectivity index (χ3v) is 4.60. The molecule has 3 heterocycles. The number of hydrogen-bond acceptors (Lipinski definition) is 7. The molecule has 0 unspecified atom stereocenters. The summed E-state index contributed by atoms with van der Waals surface area (Å²) in [6.07, 6.45) is 3.05. The number of aromatic nitrogens is 6. The number of amides is 1. The molecule has 0 radical (unpaired) electrons. The second kappa shape index (κ2) is 7.89. The molecule has 4 aromatic rings. The quantitative estimate of drug-likeness (QED) is 0.327. The van der Waals surface area contributed by atoms with E-state index in [1.54, 1.807) is 6.92 Å². The second-order valence-corrected chi connectivity index (χ2v) is 6.66. The van der Waals surface area contributed by atoms with Gasteiger partial charge in [0.2, 0.25) is 5.78 Å². The van der Waals surface area contributed by atoms with Crippen LogP contribution in [0.2, 0.25) is 0 Å². The standard InChI is InChI=1S/C19H16F2N8O2/c1-8-27-12(29-28-8)4-5-23-18-13-10(6-24-19(13)26-7-25-18)16(30)14-11(20)3-2-9(15(14)21)17(22)31/h2-3,6-7H,4-5H2,1H3,(H2,22,31)(H,27,28,29)(H2,23,24,25,26). The number of benzene rings is 1. The Labute approximate surface area is 173 Å². The Hall–Kier alpha value is -4.22. The van der Waals surface area contributed by atoms with Crippen molar-refractivity contribution in [2.45, 2.75) is 13.3 Å². The number of nitrogens with two attached hydrogens (primary N) is 1. The minimum atomic E-state index is -1.32. The lowest BCUT2D eigenvalue weighted by Gasteiger charge is -2.09. The van der Waals surface area contributed by atoms with E-state index in [9.17, 15) is 18.4 Å². The van der Waals surface area contributed by atoms with Crippen LogP contribution in [0, 0.1) is 18.6 Å². The number of H-pyrrole nitrogens is 2. The Morgan fingerprint density at radius 2 is 1.97 bits per heavy atom. The first-order chi connectivity index (χ1) is 14.9. The molecular formula is C19H16F2N8O2. The zero-order valence-corrected chi connectivity index (χ0v) is 16.2. The van der Waals surface area contributed by atoms with Crippen molar-refractivity contribution in [3.05, 3.63) is 64.6 Å². The van der Waals surface area contributed by atoms with Crippen LogP contribution >= 0.6 is 0 Å². The number of carbonyl (C=O) groups excluding carboxylic acids is 2. The summed E-state index contributed by atoms with van der Waals surface area (Å²) >= 11 is 0. The number of hydrogen-bond donors (Lipinski definition) is 4. The summed E-state index contributed by atoms with van der Waals surface area (Å²) in [4.78, 5) is 38.4. The Morgan fingerprint density at radius 1 is 1.16 bits per heavy atom. The van der Waals surface area contributed by atoms with E-state index in [0.717, 1.165) is 12.1 Å². The largest absolute Gasteiger partial charge is 0.369 e. The number of anilines is 1. The van der Waals surface area contributed by atoms with Gasteiger partial charge in [-0.15, -0.1) is 10.2 Å². The van der Waals surface area contributed by atoms with Gasteiger partial charge in [-0.3, -0.25) is 9.59 Å². The zero-order chi connectivity index (χ0) is 22.1. The van der Waals surface area contributed by atoms with Crippen LogP contribution in [-0.4, -0.2) is 48.4 Å². The number of aryl methyl sites for hydroxylation is 1. The molecule has 31 heavy (non-hydrogen) atoms. The fourth-order valence-corrected chi connectivity index (χ4v) is 3.17. The molecule has 1 amide bonds. The van der Waals surface area contributed by atoms with Gasteiger partial charge in [0.15, 0.2) is 0 Å². The van der Waals surface area contributed by atoms with E-state index < -0.39 is 34.5 Å². The first kappa shape index (κ1) is 20.1. The lowest BCUT2D eigenvalue weighted by atomic mass is 9.99. The van der Waals surface area contributed by atoms with Gasteiger partial charge in [-0.05, 0) is 19.1 Å². The molecule has 0 spiro atoms. The number of halogens is 2. The van der Waals surface area contributed by atoms with Crippen LogP contribution in [0.1, 0.15) is 37.9 Å². The molecule has 0 aliphatic rings. The summed E-state index contributed by atoms with van der Waals surface area (Å²) in [5.41, 5.74) is 3.88. The molecule has 5 N–H and O–H groups in total. The van der Waals surface area contributed by atoms with Gasteiger partial charge in [0, 0.05) is 19.2 Å². The SMILES string of the molecule is Cc1nnc(CCNc2ncnc3[nH]cc(C(=O)c4c(F)ccc(C(N)=O)c4F)c23)[nH]1. The monoisotopic (exact) mass is 426 g/mol. The Kier molecular flexibility index (Phi) is 5.11. The predicted molar refractivity (Wildman–Crippen MR) is 106 cm³/mol. The maximum absolute atomic E-state index is 14.7. The van der Waals surface area contributed by atoms with Crippen LogP contribution in [0.4, 0.5) is 14.6 Å². The number of primary amides is 1. The van der Waals surface area contributed by atoms with Gasteiger partial charge in [-0.2, -0.15) is 0 Å². The molecule has 158 valence electrons. The van der Waals surface area contributed by atoms with Gasteiger partial charge >= 0.3 is 0 Å². The minimum Gasteiger partial charge on any atom is -0.369 e. The van der Waals surface area contributed by atoms with Crippen molar-refractivity contribution in [3.63, 3.8) is 0 Å². The van der Waals surface area contributed by atoms with Gasteiger partial charge < -0.3 is 21.0 Å². The smallest absolute Gasteiger partial charge is 0.251 e. The van der Waals surface area contributed by atoms with Crippen LogP contribution in [-0.2, 0) is 6.42 Å². The summed E-state index contributed by atoms with van der Waals surface area (Å²) in [7, 11) is 0. The molecular weight excluding hydrogens is 410 g/mol. The van der Waals surface area contributed by atoms with Crippen LogP contribution in [0.3, 0.4) is 0 Å². The Balaban J connectivity index is 1.70. The second-order valence-electron chi connectivity index (χ2n) is 6.66. The Bertz CT molecular complexity index is 1310. The van der Waals surface area contributed by atoms with E-state index in [1.165, 1.54) is 12.5 Å². The number of nitrogens with zero attached hydrogens (tertiary/aromatic N) is 4. The van der Waals surface area contributed by atoms with Crippen LogP contribution in [0.5, 0.6) is 0 Å². The normalized spacial score (nSPS) is 11.1. The fourth-order valence-electron chi connectivity index (χ4n) is 3.17.